The zero-order valence-electron chi connectivity index (χ0n) is 17.3. The summed E-state index contributed by atoms with van der Waals surface area (Å²) in [4.78, 5) is 8.91. The molecule has 1 atom stereocenters. The van der Waals surface area contributed by atoms with E-state index in [1.54, 1.807) is 7.05 Å². The van der Waals surface area contributed by atoms with Crippen LogP contribution in [0.1, 0.15) is 25.5 Å². The number of morpholine rings is 1. The number of aliphatic imine (C=N–C) groups is 1. The molecule has 1 aliphatic rings. The highest BCUT2D eigenvalue weighted by Crippen LogP contribution is 2.21. The van der Waals surface area contributed by atoms with Crippen molar-refractivity contribution in [1.82, 2.24) is 20.4 Å². The van der Waals surface area contributed by atoms with E-state index < -0.39 is 0 Å². The molecule has 2 rings (SSSR count). The number of guanidine groups is 1. The SMILES string of the molecule is CN=C(NCC(c1ccc(F)cc1)N1CCOCC1)NCC(C)(C)N(C)C. The Morgan fingerprint density at radius 2 is 1.85 bits per heavy atom. The number of nitrogens with one attached hydrogen (secondary N) is 2. The molecular weight excluding hydrogens is 345 g/mol. The van der Waals surface area contributed by atoms with Crippen LogP contribution in [0.5, 0.6) is 0 Å². The topological polar surface area (TPSA) is 52.1 Å². The summed E-state index contributed by atoms with van der Waals surface area (Å²) in [6.07, 6.45) is 0. The van der Waals surface area contributed by atoms with Crippen molar-refractivity contribution in [2.75, 3.05) is 60.5 Å². The van der Waals surface area contributed by atoms with Crippen molar-refractivity contribution >= 4 is 5.96 Å². The molecule has 0 bridgehead atoms. The van der Waals surface area contributed by atoms with Crippen molar-refractivity contribution in [3.05, 3.63) is 35.6 Å². The molecule has 0 aliphatic carbocycles. The van der Waals surface area contributed by atoms with Crippen molar-refractivity contribution in [3.8, 4) is 0 Å². The highest BCUT2D eigenvalue weighted by Gasteiger charge is 2.24. The number of halogens is 1. The standard InChI is InChI=1S/C20H34FN5O/c1-20(2,25(4)5)15-24-19(22-3)23-14-18(26-10-12-27-13-11-26)16-6-8-17(21)9-7-16/h6-9,18H,10-15H2,1-5H3,(H2,22,23,24). The smallest absolute Gasteiger partial charge is 0.191 e. The Hall–Kier alpha value is -1.70. The van der Waals surface area contributed by atoms with Crippen molar-refractivity contribution in [2.45, 2.75) is 25.4 Å². The number of benzene rings is 1. The molecule has 6 nitrogen and oxygen atoms in total. The van der Waals surface area contributed by atoms with Crippen LogP contribution in [0, 0.1) is 5.82 Å². The molecule has 2 N–H and O–H groups in total. The Morgan fingerprint density at radius 1 is 1.22 bits per heavy atom. The second-order valence-corrected chi connectivity index (χ2v) is 7.73. The summed E-state index contributed by atoms with van der Waals surface area (Å²) in [5.41, 5.74) is 1.10. The highest BCUT2D eigenvalue weighted by molar-refractivity contribution is 5.79. The van der Waals surface area contributed by atoms with Crippen LogP contribution in [0.4, 0.5) is 4.39 Å². The fourth-order valence-corrected chi connectivity index (χ4v) is 2.90. The van der Waals surface area contributed by atoms with Gasteiger partial charge in [0.2, 0.25) is 0 Å². The molecule has 27 heavy (non-hydrogen) atoms. The summed E-state index contributed by atoms with van der Waals surface area (Å²) in [5.74, 6) is 0.557. The van der Waals surface area contributed by atoms with Gasteiger partial charge in [-0.05, 0) is 45.6 Å². The molecule has 1 heterocycles. The third-order valence-corrected chi connectivity index (χ3v) is 5.33. The van der Waals surface area contributed by atoms with Gasteiger partial charge in [0.25, 0.3) is 0 Å². The first-order valence-corrected chi connectivity index (χ1v) is 9.52. The molecule has 0 spiro atoms. The van der Waals surface area contributed by atoms with Crippen LogP contribution < -0.4 is 10.6 Å². The van der Waals surface area contributed by atoms with E-state index in [1.165, 1.54) is 12.1 Å². The predicted molar refractivity (Wildman–Crippen MR) is 109 cm³/mol. The van der Waals surface area contributed by atoms with Gasteiger partial charge in [0.1, 0.15) is 5.82 Å². The second-order valence-electron chi connectivity index (χ2n) is 7.73. The fourth-order valence-electron chi connectivity index (χ4n) is 2.90. The Balaban J connectivity index is 2.02. The Kier molecular flexibility index (Phi) is 8.01. The fraction of sp³-hybridized carbons (Fsp3) is 0.650. The average Bonchev–Trinajstić information content (AvgIpc) is 2.66. The van der Waals surface area contributed by atoms with Gasteiger partial charge in [-0.2, -0.15) is 0 Å². The number of rotatable bonds is 7. The minimum absolute atomic E-state index is 0.0121. The quantitative estimate of drug-likeness (QED) is 0.558. The molecule has 0 aromatic heterocycles. The maximum absolute atomic E-state index is 13.4. The van der Waals surface area contributed by atoms with Crippen LogP contribution in [0.25, 0.3) is 0 Å². The van der Waals surface area contributed by atoms with Gasteiger partial charge in [0, 0.05) is 38.8 Å². The highest BCUT2D eigenvalue weighted by atomic mass is 19.1. The van der Waals surface area contributed by atoms with E-state index in [1.807, 2.05) is 12.1 Å². The normalized spacial score (nSPS) is 17.8. The summed E-state index contributed by atoms with van der Waals surface area (Å²) in [6, 6.07) is 6.91. The summed E-state index contributed by atoms with van der Waals surface area (Å²) in [6.45, 7) is 9.01. The molecule has 0 radical (unpaired) electrons. The Labute approximate surface area is 162 Å². The van der Waals surface area contributed by atoms with Crippen molar-refractivity contribution in [3.63, 3.8) is 0 Å². The summed E-state index contributed by atoms with van der Waals surface area (Å²) >= 11 is 0. The first-order valence-electron chi connectivity index (χ1n) is 9.52. The lowest BCUT2D eigenvalue weighted by molar-refractivity contribution is 0.0169. The lowest BCUT2D eigenvalue weighted by Gasteiger charge is -2.36. The third kappa shape index (κ3) is 6.45. The zero-order chi connectivity index (χ0) is 19.9. The van der Waals surface area contributed by atoms with E-state index >= 15 is 0 Å². The molecule has 0 amide bonds. The zero-order valence-corrected chi connectivity index (χ0v) is 17.3. The largest absolute Gasteiger partial charge is 0.379 e. The maximum atomic E-state index is 13.4. The van der Waals surface area contributed by atoms with Gasteiger partial charge in [-0.3, -0.25) is 9.89 Å². The van der Waals surface area contributed by atoms with Crippen LogP contribution in [0.2, 0.25) is 0 Å². The van der Waals surface area contributed by atoms with Gasteiger partial charge < -0.3 is 20.3 Å². The molecular formula is C20H34FN5O. The van der Waals surface area contributed by atoms with Crippen molar-refractivity contribution < 1.29 is 9.13 Å². The number of hydrogen-bond acceptors (Lipinski definition) is 4. The maximum Gasteiger partial charge on any atom is 0.191 e. The monoisotopic (exact) mass is 379 g/mol. The molecule has 1 fully saturated rings. The van der Waals surface area contributed by atoms with E-state index in [9.17, 15) is 4.39 Å². The lowest BCUT2D eigenvalue weighted by atomic mass is 10.0. The van der Waals surface area contributed by atoms with Crippen LogP contribution in [-0.2, 0) is 4.74 Å². The lowest BCUT2D eigenvalue weighted by Crippen LogP contribution is -2.52. The number of nitrogens with zero attached hydrogens (tertiary/aromatic N) is 3. The van der Waals surface area contributed by atoms with E-state index in [4.69, 9.17) is 4.74 Å². The minimum Gasteiger partial charge on any atom is -0.379 e. The van der Waals surface area contributed by atoms with Gasteiger partial charge in [-0.1, -0.05) is 12.1 Å². The molecule has 0 saturated carbocycles. The van der Waals surface area contributed by atoms with Gasteiger partial charge >= 0.3 is 0 Å². The van der Waals surface area contributed by atoms with Gasteiger partial charge in [-0.25, -0.2) is 4.39 Å². The van der Waals surface area contributed by atoms with Gasteiger partial charge in [-0.15, -0.1) is 0 Å². The predicted octanol–water partition coefficient (Wildman–Crippen LogP) is 1.70. The average molecular weight is 380 g/mol. The van der Waals surface area contributed by atoms with E-state index in [0.29, 0.717) is 6.54 Å². The molecule has 1 aromatic carbocycles. The molecule has 1 aromatic rings. The Bertz CT molecular complexity index is 597. The van der Waals surface area contributed by atoms with Crippen molar-refractivity contribution in [1.29, 1.82) is 0 Å². The van der Waals surface area contributed by atoms with Crippen LogP contribution in [0.15, 0.2) is 29.3 Å². The van der Waals surface area contributed by atoms with E-state index in [2.05, 4.69) is 53.4 Å². The Morgan fingerprint density at radius 3 is 2.41 bits per heavy atom. The first kappa shape index (κ1) is 21.6. The number of likely N-dealkylation sites (N-methyl/N-ethyl adjacent to an activating group) is 1. The van der Waals surface area contributed by atoms with Crippen molar-refractivity contribution in [2.24, 2.45) is 4.99 Å². The molecule has 1 unspecified atom stereocenters. The molecule has 1 saturated heterocycles. The summed E-state index contributed by atoms with van der Waals surface area (Å²) in [7, 11) is 5.92. The van der Waals surface area contributed by atoms with Crippen LogP contribution in [-0.4, -0.2) is 81.8 Å². The second kappa shape index (κ2) is 10.0. The summed E-state index contributed by atoms with van der Waals surface area (Å²) in [5, 5.41) is 6.84. The van der Waals surface area contributed by atoms with Crippen LogP contribution >= 0.6 is 0 Å². The van der Waals surface area contributed by atoms with Crippen LogP contribution in [0.3, 0.4) is 0 Å². The summed E-state index contributed by atoms with van der Waals surface area (Å²) < 4.78 is 18.8. The third-order valence-electron chi connectivity index (χ3n) is 5.33. The molecule has 152 valence electrons. The van der Waals surface area contributed by atoms with E-state index in [0.717, 1.165) is 44.4 Å². The van der Waals surface area contributed by atoms with Gasteiger partial charge in [0.15, 0.2) is 5.96 Å². The van der Waals surface area contributed by atoms with Gasteiger partial charge in [0.05, 0.1) is 19.3 Å². The first-order chi connectivity index (χ1) is 12.8. The molecule has 7 heteroatoms. The molecule has 1 aliphatic heterocycles. The minimum atomic E-state index is -0.212. The number of hydrogen-bond donors (Lipinski definition) is 2. The van der Waals surface area contributed by atoms with E-state index in [-0.39, 0.29) is 17.4 Å². The number of ether oxygens (including phenoxy) is 1.